The molecule has 1 fully saturated rings. The maximum Gasteiger partial charge on any atom is 0.410 e. The van der Waals surface area contributed by atoms with Gasteiger partial charge in [-0.3, -0.25) is 0 Å². The second kappa shape index (κ2) is 7.99. The van der Waals surface area contributed by atoms with E-state index in [9.17, 15) is 9.18 Å². The van der Waals surface area contributed by atoms with Crippen LogP contribution in [0.3, 0.4) is 0 Å². The molecule has 2 aromatic carbocycles. The van der Waals surface area contributed by atoms with Crippen LogP contribution in [0.4, 0.5) is 9.18 Å². The van der Waals surface area contributed by atoms with Gasteiger partial charge in [0.2, 0.25) is 0 Å². The quantitative estimate of drug-likeness (QED) is 0.577. The van der Waals surface area contributed by atoms with Gasteiger partial charge in [0.1, 0.15) is 11.4 Å². The lowest BCUT2D eigenvalue weighted by atomic mass is 9.89. The summed E-state index contributed by atoms with van der Waals surface area (Å²) in [6.07, 6.45) is 0.454. The Balaban J connectivity index is 1.46. The number of rotatable bonds is 2. The highest BCUT2D eigenvalue weighted by atomic mass is 35.5. The molecule has 2 aliphatic heterocycles. The number of carbonyl (C=O) groups excluding carboxylic acids is 1. The zero-order valence-electron chi connectivity index (χ0n) is 17.3. The highest BCUT2D eigenvalue weighted by Crippen LogP contribution is 2.47. The molecule has 160 valence electrons. The minimum Gasteiger partial charge on any atom is -0.447 e. The first-order chi connectivity index (χ1) is 14.2. The van der Waals surface area contributed by atoms with E-state index in [4.69, 9.17) is 25.8 Å². The van der Waals surface area contributed by atoms with Gasteiger partial charge >= 0.3 is 6.09 Å². The van der Waals surface area contributed by atoms with Crippen LogP contribution in [-0.2, 0) is 4.74 Å². The molecule has 4 rings (SSSR count). The van der Waals surface area contributed by atoms with E-state index < -0.39 is 17.7 Å². The molecule has 0 saturated carbocycles. The lowest BCUT2D eigenvalue weighted by Crippen LogP contribution is -2.41. The largest absolute Gasteiger partial charge is 0.447 e. The second-order valence-electron chi connectivity index (χ2n) is 8.65. The lowest BCUT2D eigenvalue weighted by Gasteiger charge is -2.33. The van der Waals surface area contributed by atoms with Crippen molar-refractivity contribution in [2.24, 2.45) is 0 Å². The molecule has 2 aliphatic rings. The molecule has 1 unspecified atom stereocenters. The summed E-state index contributed by atoms with van der Waals surface area (Å²) in [5, 5.41) is 0.323. The Morgan fingerprint density at radius 3 is 2.53 bits per heavy atom. The van der Waals surface area contributed by atoms with Crippen LogP contribution in [-0.4, -0.2) is 29.7 Å². The summed E-state index contributed by atoms with van der Waals surface area (Å²) in [5.41, 5.74) is 0.820. The lowest BCUT2D eigenvalue weighted by molar-refractivity contribution is 0.0203. The maximum absolute atomic E-state index is 14.3. The van der Waals surface area contributed by atoms with Gasteiger partial charge in [0.05, 0.1) is 5.56 Å². The number of likely N-dealkylation sites (tertiary alicyclic amines) is 1. The number of para-hydroxylation sites is 1. The van der Waals surface area contributed by atoms with Crippen molar-refractivity contribution in [3.05, 3.63) is 58.4 Å². The number of piperidine rings is 1. The molecule has 1 saturated heterocycles. The first-order valence-corrected chi connectivity index (χ1v) is 10.5. The number of fused-ring (bicyclic) bond motifs is 1. The normalized spacial score (nSPS) is 19.1. The average Bonchev–Trinajstić information content (AvgIpc) is 3.10. The Labute approximate surface area is 180 Å². The van der Waals surface area contributed by atoms with Gasteiger partial charge < -0.3 is 19.1 Å². The maximum atomic E-state index is 14.3. The third-order valence-electron chi connectivity index (χ3n) is 5.27. The molecule has 2 aromatic rings. The topological polar surface area (TPSA) is 48.0 Å². The first kappa shape index (κ1) is 20.8. The van der Waals surface area contributed by atoms with Crippen LogP contribution in [0.1, 0.15) is 56.9 Å². The minimum absolute atomic E-state index is 0.219. The molecule has 0 aromatic heterocycles. The summed E-state index contributed by atoms with van der Waals surface area (Å²) in [7, 11) is 0. The number of hydrogen-bond acceptors (Lipinski definition) is 4. The van der Waals surface area contributed by atoms with Crippen molar-refractivity contribution < 1.29 is 23.4 Å². The van der Waals surface area contributed by atoms with E-state index in [-0.39, 0.29) is 12.0 Å². The molecule has 0 spiro atoms. The van der Waals surface area contributed by atoms with Crippen molar-refractivity contribution in [1.29, 1.82) is 0 Å². The van der Waals surface area contributed by atoms with Gasteiger partial charge in [-0.2, -0.15) is 0 Å². The van der Waals surface area contributed by atoms with Crippen LogP contribution in [0.15, 0.2) is 36.4 Å². The van der Waals surface area contributed by atoms with Crippen LogP contribution in [0.5, 0.6) is 11.5 Å². The molecule has 5 nitrogen and oxygen atoms in total. The standard InChI is InChI=1S/C23H25ClFNO4/c1-23(2,3)30-22(27)26-11-9-14(10-12-26)16-5-4-6-19-20(16)29-21(28-19)17-8-7-15(24)13-18(17)25/h4-8,13-14,21H,9-12H2,1-3H3. The van der Waals surface area contributed by atoms with Crippen LogP contribution >= 0.6 is 11.6 Å². The van der Waals surface area contributed by atoms with E-state index in [0.717, 1.165) is 18.4 Å². The molecule has 2 heterocycles. The van der Waals surface area contributed by atoms with Crippen LogP contribution in [0.25, 0.3) is 0 Å². The molecular formula is C23H25ClFNO4. The first-order valence-electron chi connectivity index (χ1n) is 10.1. The van der Waals surface area contributed by atoms with E-state index in [2.05, 4.69) is 0 Å². The Bertz CT molecular complexity index is 951. The van der Waals surface area contributed by atoms with E-state index in [1.807, 2.05) is 39.0 Å². The van der Waals surface area contributed by atoms with Crippen molar-refractivity contribution in [3.8, 4) is 11.5 Å². The average molecular weight is 434 g/mol. The van der Waals surface area contributed by atoms with Gasteiger partial charge in [-0.15, -0.1) is 0 Å². The number of nitrogens with zero attached hydrogens (tertiary/aromatic N) is 1. The summed E-state index contributed by atoms with van der Waals surface area (Å²) in [4.78, 5) is 14.1. The number of halogens is 2. The van der Waals surface area contributed by atoms with E-state index in [0.29, 0.717) is 35.2 Å². The number of benzene rings is 2. The number of ether oxygens (including phenoxy) is 3. The molecule has 30 heavy (non-hydrogen) atoms. The van der Waals surface area contributed by atoms with Crippen molar-refractivity contribution in [2.75, 3.05) is 13.1 Å². The highest BCUT2D eigenvalue weighted by molar-refractivity contribution is 6.30. The molecule has 7 heteroatoms. The molecular weight excluding hydrogens is 409 g/mol. The Kier molecular flexibility index (Phi) is 5.53. The third kappa shape index (κ3) is 4.33. The van der Waals surface area contributed by atoms with Gasteiger partial charge in [-0.25, -0.2) is 9.18 Å². The smallest absolute Gasteiger partial charge is 0.410 e. The molecule has 0 bridgehead atoms. The zero-order valence-corrected chi connectivity index (χ0v) is 18.0. The van der Waals surface area contributed by atoms with Crippen LogP contribution in [0.2, 0.25) is 5.02 Å². The van der Waals surface area contributed by atoms with Crippen molar-refractivity contribution in [1.82, 2.24) is 4.90 Å². The summed E-state index contributed by atoms with van der Waals surface area (Å²) < 4.78 is 31.7. The van der Waals surface area contributed by atoms with E-state index >= 15 is 0 Å². The fourth-order valence-corrected chi connectivity index (χ4v) is 4.00. The summed E-state index contributed by atoms with van der Waals surface area (Å²) in [6, 6.07) is 10.2. The molecule has 1 atom stereocenters. The van der Waals surface area contributed by atoms with E-state index in [1.54, 1.807) is 17.0 Å². The van der Waals surface area contributed by atoms with Gasteiger partial charge in [-0.1, -0.05) is 23.7 Å². The van der Waals surface area contributed by atoms with Crippen molar-refractivity contribution in [2.45, 2.75) is 51.4 Å². The SMILES string of the molecule is CC(C)(C)OC(=O)N1CCC(c2cccc3c2OC(c2ccc(Cl)cc2F)O3)CC1. The predicted octanol–water partition coefficient (Wildman–Crippen LogP) is 6.06. The van der Waals surface area contributed by atoms with Gasteiger partial charge in [-0.05, 0) is 63.8 Å². The Morgan fingerprint density at radius 2 is 1.87 bits per heavy atom. The van der Waals surface area contributed by atoms with Crippen LogP contribution in [0, 0.1) is 5.82 Å². The number of hydrogen-bond donors (Lipinski definition) is 0. The summed E-state index contributed by atoms with van der Waals surface area (Å²) in [6.45, 7) is 6.81. The highest BCUT2D eigenvalue weighted by Gasteiger charge is 2.34. The zero-order chi connectivity index (χ0) is 21.5. The number of amides is 1. The van der Waals surface area contributed by atoms with Crippen LogP contribution < -0.4 is 9.47 Å². The third-order valence-corrected chi connectivity index (χ3v) is 5.51. The van der Waals surface area contributed by atoms with Crippen molar-refractivity contribution in [3.63, 3.8) is 0 Å². The van der Waals surface area contributed by atoms with E-state index in [1.165, 1.54) is 6.07 Å². The minimum atomic E-state index is -0.847. The number of carbonyl (C=O) groups is 1. The van der Waals surface area contributed by atoms with Gasteiger partial charge in [0.25, 0.3) is 6.29 Å². The molecule has 1 amide bonds. The molecule has 0 N–H and O–H groups in total. The molecule has 0 radical (unpaired) electrons. The summed E-state index contributed by atoms with van der Waals surface area (Å²) >= 11 is 5.85. The van der Waals surface area contributed by atoms with Crippen molar-refractivity contribution >= 4 is 17.7 Å². The summed E-state index contributed by atoms with van der Waals surface area (Å²) in [5.74, 6) is 0.998. The van der Waals surface area contributed by atoms with Gasteiger partial charge in [0.15, 0.2) is 11.5 Å². The molecule has 0 aliphatic carbocycles. The van der Waals surface area contributed by atoms with Gasteiger partial charge in [0, 0.05) is 23.7 Å². The Morgan fingerprint density at radius 1 is 1.13 bits per heavy atom. The fourth-order valence-electron chi connectivity index (χ4n) is 3.84. The monoisotopic (exact) mass is 433 g/mol. The fraction of sp³-hybridized carbons (Fsp3) is 0.435. The predicted molar refractivity (Wildman–Crippen MR) is 112 cm³/mol. The Hall–Kier alpha value is -2.47. The second-order valence-corrected chi connectivity index (χ2v) is 9.09.